The number of amides is 1. The van der Waals surface area contributed by atoms with Crippen molar-refractivity contribution in [2.24, 2.45) is 5.73 Å². The van der Waals surface area contributed by atoms with Crippen LogP contribution in [0.4, 0.5) is 5.69 Å². The number of hydrogen-bond acceptors (Lipinski definition) is 3. The number of carbonyl (C=O) groups excluding carboxylic acids is 1. The number of aryl methyl sites for hydroxylation is 1. The van der Waals surface area contributed by atoms with Gasteiger partial charge in [-0.05, 0) is 47.9 Å². The fourth-order valence-corrected chi connectivity index (χ4v) is 2.61. The second-order valence-electron chi connectivity index (χ2n) is 5.31. The van der Waals surface area contributed by atoms with Crippen LogP contribution in [-0.2, 0) is 11.2 Å². The fraction of sp³-hybridized carbons (Fsp3) is 0.235. The molecule has 0 aliphatic carbocycles. The molecule has 0 radical (unpaired) electrons. The molecule has 1 heterocycles. The van der Waals surface area contributed by atoms with E-state index < -0.39 is 11.9 Å². The highest BCUT2D eigenvalue weighted by atomic mass is 16.5. The van der Waals surface area contributed by atoms with Gasteiger partial charge in [0.25, 0.3) is 0 Å². The summed E-state index contributed by atoms with van der Waals surface area (Å²) in [4.78, 5) is 11.8. The van der Waals surface area contributed by atoms with E-state index in [0.717, 1.165) is 34.5 Å². The summed E-state index contributed by atoms with van der Waals surface area (Å²) >= 11 is 0. The minimum atomic E-state index is -0.544. The molecule has 0 spiro atoms. The zero-order chi connectivity index (χ0) is 14.8. The molecule has 2 aromatic rings. The van der Waals surface area contributed by atoms with Gasteiger partial charge in [0.05, 0.1) is 6.61 Å². The smallest absolute Gasteiger partial charge is 0.244 e. The minimum Gasteiger partial charge on any atom is -0.493 e. The SMILES string of the molecule is Cc1cccc(NC(C(N)=O)c2ccc3c(c2)CCO3)c1. The Kier molecular flexibility index (Phi) is 3.52. The predicted molar refractivity (Wildman–Crippen MR) is 82.4 cm³/mol. The number of primary amides is 1. The molecule has 1 atom stereocenters. The van der Waals surface area contributed by atoms with E-state index >= 15 is 0 Å². The Hall–Kier alpha value is -2.49. The summed E-state index contributed by atoms with van der Waals surface area (Å²) < 4.78 is 5.49. The fourth-order valence-electron chi connectivity index (χ4n) is 2.61. The molecule has 0 saturated heterocycles. The second-order valence-corrected chi connectivity index (χ2v) is 5.31. The van der Waals surface area contributed by atoms with Gasteiger partial charge in [0, 0.05) is 12.1 Å². The summed E-state index contributed by atoms with van der Waals surface area (Å²) in [5, 5.41) is 3.21. The average Bonchev–Trinajstić information content (AvgIpc) is 2.92. The molecule has 1 unspecified atom stereocenters. The number of anilines is 1. The summed E-state index contributed by atoms with van der Waals surface area (Å²) in [6.07, 6.45) is 0.874. The van der Waals surface area contributed by atoms with E-state index in [0.29, 0.717) is 6.61 Å². The maximum atomic E-state index is 11.8. The molecular formula is C17H18N2O2. The van der Waals surface area contributed by atoms with Gasteiger partial charge in [0.2, 0.25) is 5.91 Å². The van der Waals surface area contributed by atoms with Crippen LogP contribution in [0.1, 0.15) is 22.7 Å². The van der Waals surface area contributed by atoms with E-state index in [9.17, 15) is 4.79 Å². The van der Waals surface area contributed by atoms with E-state index in [1.54, 1.807) is 0 Å². The van der Waals surface area contributed by atoms with Crippen molar-refractivity contribution in [1.29, 1.82) is 0 Å². The standard InChI is InChI=1S/C17H18N2O2/c1-11-3-2-4-14(9-11)19-16(17(18)20)13-5-6-15-12(10-13)7-8-21-15/h2-6,9-10,16,19H,7-8H2,1H3,(H2,18,20). The molecule has 3 N–H and O–H groups in total. The number of hydrogen-bond donors (Lipinski definition) is 2. The number of nitrogens with two attached hydrogens (primary N) is 1. The summed E-state index contributed by atoms with van der Waals surface area (Å²) in [5.74, 6) is 0.507. The molecule has 21 heavy (non-hydrogen) atoms. The van der Waals surface area contributed by atoms with Crippen molar-refractivity contribution < 1.29 is 9.53 Å². The van der Waals surface area contributed by atoms with Crippen molar-refractivity contribution in [3.63, 3.8) is 0 Å². The molecule has 4 nitrogen and oxygen atoms in total. The number of benzene rings is 2. The highest BCUT2D eigenvalue weighted by Gasteiger charge is 2.21. The number of rotatable bonds is 4. The van der Waals surface area contributed by atoms with Crippen LogP contribution in [0.3, 0.4) is 0 Å². The number of fused-ring (bicyclic) bond motifs is 1. The zero-order valence-electron chi connectivity index (χ0n) is 11.9. The Morgan fingerprint density at radius 1 is 1.29 bits per heavy atom. The van der Waals surface area contributed by atoms with Crippen molar-refractivity contribution in [2.45, 2.75) is 19.4 Å². The molecule has 4 heteroatoms. The third-order valence-corrected chi connectivity index (χ3v) is 3.66. The van der Waals surface area contributed by atoms with Crippen LogP contribution in [0.5, 0.6) is 5.75 Å². The quantitative estimate of drug-likeness (QED) is 0.906. The van der Waals surface area contributed by atoms with Crippen molar-refractivity contribution >= 4 is 11.6 Å². The molecule has 108 valence electrons. The molecule has 0 bridgehead atoms. The third kappa shape index (κ3) is 2.84. The number of ether oxygens (including phenoxy) is 1. The van der Waals surface area contributed by atoms with Gasteiger partial charge in [-0.1, -0.05) is 18.2 Å². The predicted octanol–water partition coefficient (Wildman–Crippen LogP) is 2.57. The highest BCUT2D eigenvalue weighted by Crippen LogP contribution is 2.29. The van der Waals surface area contributed by atoms with Crippen LogP contribution in [0, 0.1) is 6.92 Å². The molecule has 3 rings (SSSR count). The lowest BCUT2D eigenvalue weighted by atomic mass is 10.0. The van der Waals surface area contributed by atoms with Gasteiger partial charge in [-0.15, -0.1) is 0 Å². The Morgan fingerprint density at radius 2 is 2.14 bits per heavy atom. The Balaban J connectivity index is 1.89. The monoisotopic (exact) mass is 282 g/mol. The number of carbonyl (C=O) groups is 1. The van der Waals surface area contributed by atoms with Gasteiger partial charge in [-0.25, -0.2) is 0 Å². The minimum absolute atomic E-state index is 0.393. The first-order chi connectivity index (χ1) is 10.1. The third-order valence-electron chi connectivity index (χ3n) is 3.66. The Bertz CT molecular complexity index is 682. The maximum Gasteiger partial charge on any atom is 0.244 e. The largest absolute Gasteiger partial charge is 0.493 e. The average molecular weight is 282 g/mol. The van der Waals surface area contributed by atoms with Gasteiger partial charge in [-0.3, -0.25) is 4.79 Å². The van der Waals surface area contributed by atoms with E-state index in [1.165, 1.54) is 0 Å². The molecule has 1 aliphatic heterocycles. The molecule has 0 fully saturated rings. The lowest BCUT2D eigenvalue weighted by Crippen LogP contribution is -2.27. The van der Waals surface area contributed by atoms with Crippen LogP contribution >= 0.6 is 0 Å². The van der Waals surface area contributed by atoms with Crippen molar-refractivity contribution in [3.05, 3.63) is 59.2 Å². The molecule has 0 saturated carbocycles. The number of nitrogens with one attached hydrogen (secondary N) is 1. The van der Waals surface area contributed by atoms with Gasteiger partial charge in [0.1, 0.15) is 11.8 Å². The van der Waals surface area contributed by atoms with Crippen molar-refractivity contribution in [1.82, 2.24) is 0 Å². The van der Waals surface area contributed by atoms with E-state index in [-0.39, 0.29) is 0 Å². The Labute approximate surface area is 123 Å². The van der Waals surface area contributed by atoms with E-state index in [4.69, 9.17) is 10.5 Å². The van der Waals surface area contributed by atoms with E-state index in [1.807, 2.05) is 49.4 Å². The lowest BCUT2D eigenvalue weighted by molar-refractivity contribution is -0.118. The summed E-state index contributed by atoms with van der Waals surface area (Å²) in [6, 6.07) is 13.1. The topological polar surface area (TPSA) is 64.3 Å². The maximum absolute atomic E-state index is 11.8. The molecule has 1 aliphatic rings. The van der Waals surface area contributed by atoms with Crippen molar-refractivity contribution in [3.8, 4) is 5.75 Å². The first kappa shape index (κ1) is 13.5. The summed E-state index contributed by atoms with van der Waals surface area (Å²) in [7, 11) is 0. The van der Waals surface area contributed by atoms with Crippen LogP contribution in [0.2, 0.25) is 0 Å². The van der Waals surface area contributed by atoms with Crippen molar-refractivity contribution in [2.75, 3.05) is 11.9 Å². The molecular weight excluding hydrogens is 264 g/mol. The van der Waals surface area contributed by atoms with Crippen LogP contribution < -0.4 is 15.8 Å². The summed E-state index contributed by atoms with van der Waals surface area (Å²) in [5.41, 5.74) is 9.58. The Morgan fingerprint density at radius 3 is 2.90 bits per heavy atom. The van der Waals surface area contributed by atoms with Gasteiger partial charge in [0.15, 0.2) is 0 Å². The van der Waals surface area contributed by atoms with Gasteiger partial charge >= 0.3 is 0 Å². The van der Waals surface area contributed by atoms with Crippen LogP contribution in [-0.4, -0.2) is 12.5 Å². The normalized spacial score (nSPS) is 14.1. The molecule has 2 aromatic carbocycles. The van der Waals surface area contributed by atoms with Crippen LogP contribution in [0.25, 0.3) is 0 Å². The van der Waals surface area contributed by atoms with Crippen LogP contribution in [0.15, 0.2) is 42.5 Å². The zero-order valence-corrected chi connectivity index (χ0v) is 11.9. The first-order valence-electron chi connectivity index (χ1n) is 7.01. The molecule has 0 aromatic heterocycles. The van der Waals surface area contributed by atoms with E-state index in [2.05, 4.69) is 5.32 Å². The second kappa shape index (κ2) is 5.48. The van der Waals surface area contributed by atoms with Gasteiger partial charge in [-0.2, -0.15) is 0 Å². The van der Waals surface area contributed by atoms with Gasteiger partial charge < -0.3 is 15.8 Å². The summed E-state index contributed by atoms with van der Waals surface area (Å²) in [6.45, 7) is 2.71. The molecule has 1 amide bonds. The first-order valence-corrected chi connectivity index (χ1v) is 7.01. The highest BCUT2D eigenvalue weighted by molar-refractivity contribution is 5.84. The lowest BCUT2D eigenvalue weighted by Gasteiger charge is -2.18.